The zero-order valence-corrected chi connectivity index (χ0v) is 14.2. The van der Waals surface area contributed by atoms with E-state index >= 15 is 0 Å². The van der Waals surface area contributed by atoms with Gasteiger partial charge in [-0.2, -0.15) is 11.8 Å². The van der Waals surface area contributed by atoms with Crippen molar-refractivity contribution in [1.29, 1.82) is 0 Å². The first-order chi connectivity index (χ1) is 10.3. The van der Waals surface area contributed by atoms with Crippen LogP contribution in [0.3, 0.4) is 0 Å². The van der Waals surface area contributed by atoms with E-state index in [0.717, 1.165) is 29.5 Å². The molecule has 2 aliphatic carbocycles. The lowest BCUT2D eigenvalue weighted by Crippen LogP contribution is -2.14. The first kappa shape index (κ1) is 15.3. The van der Waals surface area contributed by atoms with Gasteiger partial charge in [0.1, 0.15) is 10.9 Å². The molecule has 0 N–H and O–H groups in total. The van der Waals surface area contributed by atoms with Gasteiger partial charge in [-0.1, -0.05) is 19.3 Å². The molecule has 1 aromatic rings. The second-order valence-electron chi connectivity index (χ2n) is 5.83. The molecule has 0 saturated heterocycles. The molecule has 116 valence electrons. The standard InChI is InChI=1S/C16H23NO2S2/c1-2-19-16(18)12-8-9-13-15(12)17-14(21-13)10-20-11-6-4-3-5-7-11/h11-12H,2-10H2,1H3. The van der Waals surface area contributed by atoms with Crippen molar-refractivity contribution in [1.82, 2.24) is 4.98 Å². The van der Waals surface area contributed by atoms with E-state index in [1.807, 2.05) is 18.3 Å². The molecule has 3 nitrogen and oxygen atoms in total. The maximum atomic E-state index is 12.0. The number of hydrogen-bond donors (Lipinski definition) is 0. The van der Waals surface area contributed by atoms with Crippen molar-refractivity contribution in [3.8, 4) is 0 Å². The average molecular weight is 325 g/mol. The van der Waals surface area contributed by atoms with Crippen LogP contribution in [0.5, 0.6) is 0 Å². The number of aromatic nitrogens is 1. The number of fused-ring (bicyclic) bond motifs is 1. The number of aryl methyl sites for hydroxylation is 1. The zero-order chi connectivity index (χ0) is 14.7. The summed E-state index contributed by atoms with van der Waals surface area (Å²) in [6.07, 6.45) is 8.77. The molecule has 1 unspecified atom stereocenters. The lowest BCUT2D eigenvalue weighted by Gasteiger charge is -2.20. The van der Waals surface area contributed by atoms with Gasteiger partial charge in [0.15, 0.2) is 0 Å². The molecular weight excluding hydrogens is 302 g/mol. The third kappa shape index (κ3) is 3.62. The van der Waals surface area contributed by atoms with Crippen LogP contribution in [0.2, 0.25) is 0 Å². The van der Waals surface area contributed by atoms with E-state index in [9.17, 15) is 4.79 Å². The molecule has 0 aromatic carbocycles. The highest BCUT2D eigenvalue weighted by atomic mass is 32.2. The average Bonchev–Trinajstić information content (AvgIpc) is 3.06. The van der Waals surface area contributed by atoms with E-state index in [4.69, 9.17) is 9.72 Å². The molecule has 1 aromatic heterocycles. The summed E-state index contributed by atoms with van der Waals surface area (Å²) in [4.78, 5) is 18.0. The third-order valence-electron chi connectivity index (χ3n) is 4.33. The van der Waals surface area contributed by atoms with Crippen molar-refractivity contribution in [3.63, 3.8) is 0 Å². The topological polar surface area (TPSA) is 39.2 Å². The summed E-state index contributed by atoms with van der Waals surface area (Å²) in [5.74, 6) is 0.815. The van der Waals surface area contributed by atoms with Gasteiger partial charge in [-0.15, -0.1) is 11.3 Å². The molecule has 1 atom stereocenters. The highest BCUT2D eigenvalue weighted by Crippen LogP contribution is 2.39. The van der Waals surface area contributed by atoms with Gasteiger partial charge in [0.25, 0.3) is 0 Å². The number of rotatable bonds is 5. The highest BCUT2D eigenvalue weighted by Gasteiger charge is 2.33. The molecule has 21 heavy (non-hydrogen) atoms. The Morgan fingerprint density at radius 3 is 2.90 bits per heavy atom. The Kier molecular flexibility index (Phi) is 5.22. The molecule has 0 amide bonds. The van der Waals surface area contributed by atoms with Gasteiger partial charge >= 0.3 is 5.97 Å². The van der Waals surface area contributed by atoms with E-state index in [2.05, 4.69) is 11.8 Å². The van der Waals surface area contributed by atoms with Gasteiger partial charge in [0.2, 0.25) is 0 Å². The number of carbonyl (C=O) groups excluding carboxylic acids is 1. The summed E-state index contributed by atoms with van der Waals surface area (Å²) in [6.45, 7) is 2.32. The number of ether oxygens (including phenoxy) is 1. The van der Waals surface area contributed by atoms with Crippen molar-refractivity contribution in [3.05, 3.63) is 15.6 Å². The van der Waals surface area contributed by atoms with Gasteiger partial charge in [-0.3, -0.25) is 4.79 Å². The van der Waals surface area contributed by atoms with Crippen LogP contribution in [0.15, 0.2) is 0 Å². The minimum atomic E-state index is -0.107. The highest BCUT2D eigenvalue weighted by molar-refractivity contribution is 7.99. The largest absolute Gasteiger partial charge is 0.465 e. The Morgan fingerprint density at radius 1 is 1.33 bits per heavy atom. The molecule has 5 heteroatoms. The van der Waals surface area contributed by atoms with E-state index in [1.54, 1.807) is 0 Å². The van der Waals surface area contributed by atoms with Crippen molar-refractivity contribution < 1.29 is 9.53 Å². The second-order valence-corrected chi connectivity index (χ2v) is 8.29. The Hall–Kier alpha value is -0.550. The Balaban J connectivity index is 1.59. The molecule has 2 aliphatic rings. The quantitative estimate of drug-likeness (QED) is 0.757. The van der Waals surface area contributed by atoms with E-state index < -0.39 is 0 Å². The Morgan fingerprint density at radius 2 is 2.14 bits per heavy atom. The smallest absolute Gasteiger partial charge is 0.315 e. The summed E-state index contributed by atoms with van der Waals surface area (Å²) < 4.78 is 5.17. The fraction of sp³-hybridized carbons (Fsp3) is 0.750. The molecule has 0 bridgehead atoms. The molecule has 0 aliphatic heterocycles. The number of nitrogens with zero attached hydrogens (tertiary/aromatic N) is 1. The van der Waals surface area contributed by atoms with Gasteiger partial charge in [0.05, 0.1) is 12.3 Å². The van der Waals surface area contributed by atoms with Gasteiger partial charge < -0.3 is 4.74 Å². The first-order valence-electron chi connectivity index (χ1n) is 8.04. The lowest BCUT2D eigenvalue weighted by atomic mass is 10.0. The molecule has 1 fully saturated rings. The van der Waals surface area contributed by atoms with E-state index in [0.29, 0.717) is 6.61 Å². The summed E-state index contributed by atoms with van der Waals surface area (Å²) >= 11 is 3.87. The Labute approximate surface area is 134 Å². The van der Waals surface area contributed by atoms with Crippen LogP contribution in [-0.4, -0.2) is 22.8 Å². The minimum absolute atomic E-state index is 0.0898. The van der Waals surface area contributed by atoms with Gasteiger partial charge in [-0.05, 0) is 32.6 Å². The van der Waals surface area contributed by atoms with Crippen LogP contribution < -0.4 is 0 Å². The van der Waals surface area contributed by atoms with Crippen LogP contribution in [-0.2, 0) is 21.7 Å². The normalized spacial score (nSPS) is 22.2. The summed E-state index contributed by atoms with van der Waals surface area (Å²) in [5.41, 5.74) is 1.01. The van der Waals surface area contributed by atoms with E-state index in [-0.39, 0.29) is 11.9 Å². The molecule has 0 spiro atoms. The number of thiazole rings is 1. The van der Waals surface area contributed by atoms with Crippen molar-refractivity contribution >= 4 is 29.1 Å². The SMILES string of the molecule is CCOC(=O)C1CCc2sc(CSC3CCCCC3)nc21. The van der Waals surface area contributed by atoms with Crippen molar-refractivity contribution in [2.24, 2.45) is 0 Å². The summed E-state index contributed by atoms with van der Waals surface area (Å²) in [6, 6.07) is 0. The Bertz CT molecular complexity index is 494. The zero-order valence-electron chi connectivity index (χ0n) is 12.6. The van der Waals surface area contributed by atoms with Gasteiger partial charge in [0, 0.05) is 15.9 Å². The second kappa shape index (κ2) is 7.14. The van der Waals surface area contributed by atoms with E-state index in [1.165, 1.54) is 42.0 Å². The lowest BCUT2D eigenvalue weighted by molar-refractivity contribution is -0.145. The molecular formula is C16H23NO2S2. The van der Waals surface area contributed by atoms with Crippen molar-refractivity contribution in [2.75, 3.05) is 6.61 Å². The molecule has 1 heterocycles. The van der Waals surface area contributed by atoms with Crippen molar-refractivity contribution in [2.45, 2.75) is 68.8 Å². The predicted molar refractivity (Wildman–Crippen MR) is 88.0 cm³/mol. The summed E-state index contributed by atoms with van der Waals surface area (Å²) in [5, 5.41) is 2.02. The van der Waals surface area contributed by atoms with Crippen LogP contribution >= 0.6 is 23.1 Å². The van der Waals surface area contributed by atoms with Crippen LogP contribution in [0.25, 0.3) is 0 Å². The maximum Gasteiger partial charge on any atom is 0.315 e. The van der Waals surface area contributed by atoms with Crippen LogP contribution in [0, 0.1) is 0 Å². The predicted octanol–water partition coefficient (Wildman–Crippen LogP) is 4.30. The molecule has 0 radical (unpaired) electrons. The minimum Gasteiger partial charge on any atom is -0.465 e. The van der Waals surface area contributed by atoms with Gasteiger partial charge in [-0.25, -0.2) is 4.98 Å². The van der Waals surface area contributed by atoms with Crippen LogP contribution in [0.4, 0.5) is 0 Å². The fourth-order valence-corrected chi connectivity index (χ4v) is 5.72. The summed E-state index contributed by atoms with van der Waals surface area (Å²) in [7, 11) is 0. The molecule has 1 saturated carbocycles. The number of carbonyl (C=O) groups is 1. The monoisotopic (exact) mass is 325 g/mol. The third-order valence-corrected chi connectivity index (χ3v) is 7.02. The van der Waals surface area contributed by atoms with Crippen LogP contribution in [0.1, 0.15) is 66.9 Å². The number of thioether (sulfide) groups is 1. The number of esters is 1. The molecule has 3 rings (SSSR count). The maximum absolute atomic E-state index is 12.0. The fourth-order valence-electron chi connectivity index (χ4n) is 3.23. The first-order valence-corrected chi connectivity index (χ1v) is 9.91. The number of hydrogen-bond acceptors (Lipinski definition) is 5.